The van der Waals surface area contributed by atoms with Gasteiger partial charge in [0.2, 0.25) is 15.9 Å². The summed E-state index contributed by atoms with van der Waals surface area (Å²) in [6.45, 7) is 0.649. The van der Waals surface area contributed by atoms with Crippen molar-refractivity contribution in [3.8, 4) is 0 Å². The van der Waals surface area contributed by atoms with Crippen molar-refractivity contribution in [2.45, 2.75) is 24.3 Å². The molecule has 1 amide bonds. The van der Waals surface area contributed by atoms with Gasteiger partial charge in [-0.3, -0.25) is 9.69 Å². The van der Waals surface area contributed by atoms with Crippen molar-refractivity contribution in [3.63, 3.8) is 0 Å². The Morgan fingerprint density at radius 2 is 1.91 bits per heavy atom. The average molecular weight is 578 g/mol. The van der Waals surface area contributed by atoms with E-state index in [0.29, 0.717) is 23.7 Å². The molecule has 182 valence electrons. The van der Waals surface area contributed by atoms with Crippen LogP contribution in [-0.4, -0.2) is 36.7 Å². The Morgan fingerprint density at radius 3 is 2.60 bits per heavy atom. The minimum Gasteiger partial charge on any atom is -0.467 e. The summed E-state index contributed by atoms with van der Waals surface area (Å²) >= 11 is 4.89. The molecule has 5 rings (SSSR count). The molecule has 4 aromatic rings. The summed E-state index contributed by atoms with van der Waals surface area (Å²) in [4.78, 5) is 20.0. The number of hydrogen-bond acceptors (Lipinski definition) is 6. The lowest BCUT2D eigenvalue weighted by molar-refractivity contribution is -0.123. The van der Waals surface area contributed by atoms with Crippen LogP contribution in [0.4, 0.5) is 9.52 Å². The third-order valence-corrected chi connectivity index (χ3v) is 9.43. The highest BCUT2D eigenvalue weighted by atomic mass is 79.9. The van der Waals surface area contributed by atoms with E-state index >= 15 is 0 Å². The standard InChI is InChI=1S/C24H21BrFN3O4S2/c25-17-3-8-21-22(14-17)34-24(27-21)29(15-19-2-1-13-33-19)23(30)16-9-11-28(12-10-16)35(31,32)20-6-4-18(26)5-7-20/h1-8,13-14,16H,9-12,15H2. The second-order valence-electron chi connectivity index (χ2n) is 8.24. The lowest BCUT2D eigenvalue weighted by Gasteiger charge is -2.32. The van der Waals surface area contributed by atoms with Crippen molar-refractivity contribution in [2.24, 2.45) is 5.92 Å². The number of aromatic nitrogens is 1. The van der Waals surface area contributed by atoms with Gasteiger partial charge in [0.15, 0.2) is 5.13 Å². The summed E-state index contributed by atoms with van der Waals surface area (Å²) in [5.41, 5.74) is 0.797. The normalized spacial score (nSPS) is 15.5. The summed E-state index contributed by atoms with van der Waals surface area (Å²) in [6.07, 6.45) is 2.32. The van der Waals surface area contributed by atoms with E-state index in [4.69, 9.17) is 4.42 Å². The van der Waals surface area contributed by atoms with Crippen molar-refractivity contribution < 1.29 is 22.0 Å². The smallest absolute Gasteiger partial charge is 0.243 e. The molecule has 0 aliphatic carbocycles. The molecule has 0 N–H and O–H groups in total. The van der Waals surface area contributed by atoms with E-state index in [1.807, 2.05) is 24.3 Å². The van der Waals surface area contributed by atoms with Gasteiger partial charge in [0.05, 0.1) is 27.9 Å². The van der Waals surface area contributed by atoms with E-state index in [1.54, 1.807) is 17.2 Å². The number of sulfonamides is 1. The Balaban J connectivity index is 1.35. The fraction of sp³-hybridized carbons (Fsp3) is 0.250. The first-order valence-electron chi connectivity index (χ1n) is 11.0. The Bertz CT molecular complexity index is 1450. The van der Waals surface area contributed by atoms with E-state index in [1.165, 1.54) is 27.8 Å². The van der Waals surface area contributed by atoms with Gasteiger partial charge in [-0.25, -0.2) is 17.8 Å². The average Bonchev–Trinajstić information content (AvgIpc) is 3.52. The predicted molar refractivity (Wildman–Crippen MR) is 135 cm³/mol. The molecule has 7 nitrogen and oxygen atoms in total. The first-order chi connectivity index (χ1) is 16.8. The minimum absolute atomic E-state index is 0.0451. The molecule has 0 atom stereocenters. The van der Waals surface area contributed by atoms with Crippen LogP contribution in [0.5, 0.6) is 0 Å². The summed E-state index contributed by atoms with van der Waals surface area (Å²) in [6, 6.07) is 14.1. The van der Waals surface area contributed by atoms with Gasteiger partial charge in [-0.1, -0.05) is 27.3 Å². The van der Waals surface area contributed by atoms with Crippen molar-refractivity contribution in [1.29, 1.82) is 0 Å². The zero-order valence-corrected chi connectivity index (χ0v) is 21.7. The third-order valence-electron chi connectivity index (χ3n) is 5.98. The van der Waals surface area contributed by atoms with Crippen LogP contribution >= 0.6 is 27.3 Å². The van der Waals surface area contributed by atoms with Gasteiger partial charge in [0.25, 0.3) is 0 Å². The highest BCUT2D eigenvalue weighted by molar-refractivity contribution is 9.10. The Kier molecular flexibility index (Phi) is 6.75. The lowest BCUT2D eigenvalue weighted by Crippen LogP contribution is -2.44. The zero-order valence-electron chi connectivity index (χ0n) is 18.4. The van der Waals surface area contributed by atoms with Crippen LogP contribution in [0.3, 0.4) is 0 Å². The molecule has 35 heavy (non-hydrogen) atoms. The first-order valence-corrected chi connectivity index (χ1v) is 14.0. The molecule has 1 aliphatic heterocycles. The number of anilines is 1. The summed E-state index contributed by atoms with van der Waals surface area (Å²) < 4.78 is 47.9. The van der Waals surface area contributed by atoms with Crippen LogP contribution in [-0.2, 0) is 21.4 Å². The van der Waals surface area contributed by atoms with Crippen molar-refractivity contribution in [3.05, 3.63) is 76.9 Å². The monoisotopic (exact) mass is 577 g/mol. The Hall–Kier alpha value is -2.60. The quantitative estimate of drug-likeness (QED) is 0.305. The topological polar surface area (TPSA) is 83.7 Å². The largest absolute Gasteiger partial charge is 0.467 e. The molecule has 0 radical (unpaired) electrons. The van der Waals surface area contributed by atoms with Gasteiger partial charge in [-0.15, -0.1) is 0 Å². The minimum atomic E-state index is -3.75. The molecule has 1 fully saturated rings. The van der Waals surface area contributed by atoms with Crippen LogP contribution in [0, 0.1) is 11.7 Å². The molecule has 11 heteroatoms. The molecule has 2 aromatic carbocycles. The Labute approximate surface area is 214 Å². The number of nitrogens with zero attached hydrogens (tertiary/aromatic N) is 3. The van der Waals surface area contributed by atoms with Crippen molar-refractivity contribution in [1.82, 2.24) is 9.29 Å². The number of halogens is 2. The van der Waals surface area contributed by atoms with Crippen LogP contribution in [0.25, 0.3) is 10.2 Å². The van der Waals surface area contributed by atoms with Crippen LogP contribution < -0.4 is 4.90 Å². The maximum atomic E-state index is 13.7. The van der Waals surface area contributed by atoms with Gasteiger partial charge < -0.3 is 4.42 Å². The molecule has 0 unspecified atom stereocenters. The summed E-state index contributed by atoms with van der Waals surface area (Å²) in [7, 11) is -3.75. The highest BCUT2D eigenvalue weighted by Crippen LogP contribution is 2.34. The summed E-state index contributed by atoms with van der Waals surface area (Å²) in [5, 5.41) is 0.570. The third kappa shape index (κ3) is 5.04. The van der Waals surface area contributed by atoms with Crippen molar-refractivity contribution >= 4 is 58.5 Å². The second kappa shape index (κ2) is 9.81. The van der Waals surface area contributed by atoms with E-state index in [-0.39, 0.29) is 36.4 Å². The molecule has 0 spiro atoms. The van der Waals surface area contributed by atoms with E-state index in [0.717, 1.165) is 26.8 Å². The number of piperidine rings is 1. The molecule has 0 bridgehead atoms. The molecule has 3 heterocycles. The predicted octanol–water partition coefficient (Wildman–Crippen LogP) is 5.43. The number of fused-ring (bicyclic) bond motifs is 1. The van der Waals surface area contributed by atoms with Gasteiger partial charge >= 0.3 is 0 Å². The van der Waals surface area contributed by atoms with Crippen LogP contribution in [0.1, 0.15) is 18.6 Å². The maximum Gasteiger partial charge on any atom is 0.243 e. The molecule has 2 aromatic heterocycles. The molecular formula is C24H21BrFN3O4S2. The maximum absolute atomic E-state index is 13.7. The highest BCUT2D eigenvalue weighted by Gasteiger charge is 2.35. The summed E-state index contributed by atoms with van der Waals surface area (Å²) in [5.74, 6) is -0.330. The number of hydrogen-bond donors (Lipinski definition) is 0. The first kappa shape index (κ1) is 24.1. The number of furan rings is 1. The molecule has 1 saturated heterocycles. The van der Waals surface area contributed by atoms with Gasteiger partial charge in [-0.2, -0.15) is 4.31 Å². The lowest BCUT2D eigenvalue weighted by atomic mass is 9.96. The van der Waals surface area contributed by atoms with Crippen molar-refractivity contribution in [2.75, 3.05) is 18.0 Å². The SMILES string of the molecule is O=C(C1CCN(S(=O)(=O)c2ccc(F)cc2)CC1)N(Cc1ccco1)c1nc2ccc(Br)cc2s1. The van der Waals surface area contributed by atoms with E-state index in [9.17, 15) is 17.6 Å². The number of benzene rings is 2. The van der Waals surface area contributed by atoms with E-state index < -0.39 is 15.8 Å². The van der Waals surface area contributed by atoms with Gasteiger partial charge in [0.1, 0.15) is 11.6 Å². The number of carbonyl (C=O) groups excluding carboxylic acids is 1. The molecular weight excluding hydrogens is 557 g/mol. The second-order valence-corrected chi connectivity index (χ2v) is 12.1. The van der Waals surface area contributed by atoms with Crippen LogP contribution in [0.15, 0.2) is 74.6 Å². The van der Waals surface area contributed by atoms with Gasteiger partial charge in [-0.05, 0) is 67.4 Å². The fourth-order valence-electron chi connectivity index (χ4n) is 4.12. The molecule has 1 aliphatic rings. The molecule has 0 saturated carbocycles. The zero-order chi connectivity index (χ0) is 24.6. The number of rotatable bonds is 6. The van der Waals surface area contributed by atoms with E-state index in [2.05, 4.69) is 20.9 Å². The number of amides is 1. The fourth-order valence-corrected chi connectivity index (χ4v) is 7.11. The number of carbonyl (C=O) groups is 1. The number of thiazole rings is 1. The van der Waals surface area contributed by atoms with Gasteiger partial charge in [0, 0.05) is 23.5 Å². The van der Waals surface area contributed by atoms with Crippen LogP contribution in [0.2, 0.25) is 0 Å². The Morgan fingerprint density at radius 1 is 1.17 bits per heavy atom.